The van der Waals surface area contributed by atoms with Gasteiger partial charge in [-0.1, -0.05) is 44.2 Å². The Labute approximate surface area is 146 Å². The summed E-state index contributed by atoms with van der Waals surface area (Å²) in [5.41, 5.74) is 7.26. The standard InChI is InChI=1S/C18H29N3O.ClH/c1-13(2)17(19)18(22)20-16-9-10-21(14(3)11-16)12-15-7-5-4-6-8-15;/h4-8,13-14,16-17H,9-12,19H2,1-3H3,(H,20,22);1H/t14?,16?,17-;/m0./s1. The van der Waals surface area contributed by atoms with Gasteiger partial charge in [-0.25, -0.2) is 0 Å². The maximum absolute atomic E-state index is 12.1. The van der Waals surface area contributed by atoms with E-state index in [9.17, 15) is 4.79 Å². The number of nitrogens with zero attached hydrogens (tertiary/aromatic N) is 1. The lowest BCUT2D eigenvalue weighted by Gasteiger charge is -2.38. The molecule has 1 aliphatic rings. The van der Waals surface area contributed by atoms with Crippen molar-refractivity contribution in [1.82, 2.24) is 10.2 Å². The van der Waals surface area contributed by atoms with Crippen LogP contribution >= 0.6 is 12.4 Å². The number of carbonyl (C=O) groups is 1. The summed E-state index contributed by atoms with van der Waals surface area (Å²) in [5, 5.41) is 3.12. The van der Waals surface area contributed by atoms with E-state index >= 15 is 0 Å². The van der Waals surface area contributed by atoms with Gasteiger partial charge in [-0.15, -0.1) is 12.4 Å². The number of amides is 1. The third kappa shape index (κ3) is 5.79. The average molecular weight is 340 g/mol. The number of hydrogen-bond donors (Lipinski definition) is 2. The summed E-state index contributed by atoms with van der Waals surface area (Å²) >= 11 is 0. The van der Waals surface area contributed by atoms with Crippen molar-refractivity contribution < 1.29 is 4.79 Å². The van der Waals surface area contributed by atoms with Gasteiger partial charge in [0, 0.05) is 25.2 Å². The van der Waals surface area contributed by atoms with E-state index in [2.05, 4.69) is 41.4 Å². The average Bonchev–Trinajstić information content (AvgIpc) is 2.50. The smallest absolute Gasteiger partial charge is 0.237 e. The lowest BCUT2D eigenvalue weighted by atomic mass is 9.96. The topological polar surface area (TPSA) is 58.4 Å². The number of nitrogens with one attached hydrogen (secondary N) is 1. The number of halogens is 1. The highest BCUT2D eigenvalue weighted by atomic mass is 35.5. The van der Waals surface area contributed by atoms with Crippen molar-refractivity contribution in [2.75, 3.05) is 6.54 Å². The van der Waals surface area contributed by atoms with Crippen LogP contribution in [0.15, 0.2) is 30.3 Å². The lowest BCUT2D eigenvalue weighted by Crippen LogP contribution is -2.52. The number of carbonyl (C=O) groups excluding carboxylic acids is 1. The maximum atomic E-state index is 12.1. The van der Waals surface area contributed by atoms with Gasteiger partial charge in [-0.3, -0.25) is 9.69 Å². The molecule has 1 aromatic carbocycles. The minimum Gasteiger partial charge on any atom is -0.352 e. The molecular formula is C18H30ClN3O. The fourth-order valence-corrected chi connectivity index (χ4v) is 3.00. The van der Waals surface area contributed by atoms with Crippen molar-refractivity contribution in [3.63, 3.8) is 0 Å². The van der Waals surface area contributed by atoms with Crippen LogP contribution in [0.2, 0.25) is 0 Å². The Morgan fingerprint density at radius 3 is 2.57 bits per heavy atom. The van der Waals surface area contributed by atoms with Crippen molar-refractivity contribution in [2.45, 2.75) is 58.3 Å². The fourth-order valence-electron chi connectivity index (χ4n) is 3.00. The van der Waals surface area contributed by atoms with Gasteiger partial charge in [-0.2, -0.15) is 0 Å². The molecule has 0 aliphatic carbocycles. The van der Waals surface area contributed by atoms with Crippen LogP contribution in [0, 0.1) is 5.92 Å². The second-order valence-electron chi connectivity index (χ2n) is 6.80. The Kier molecular flexibility index (Phi) is 8.03. The molecule has 1 amide bonds. The molecule has 0 bridgehead atoms. The first-order valence-corrected chi connectivity index (χ1v) is 8.31. The van der Waals surface area contributed by atoms with Crippen molar-refractivity contribution in [3.8, 4) is 0 Å². The number of rotatable bonds is 5. The Bertz CT molecular complexity index is 480. The summed E-state index contributed by atoms with van der Waals surface area (Å²) in [6.07, 6.45) is 1.98. The summed E-state index contributed by atoms with van der Waals surface area (Å²) in [4.78, 5) is 14.6. The molecule has 0 radical (unpaired) electrons. The van der Waals surface area contributed by atoms with E-state index < -0.39 is 6.04 Å². The minimum absolute atomic E-state index is 0. The maximum Gasteiger partial charge on any atom is 0.237 e. The van der Waals surface area contributed by atoms with E-state index in [-0.39, 0.29) is 30.3 Å². The van der Waals surface area contributed by atoms with Crippen molar-refractivity contribution in [1.29, 1.82) is 0 Å². The highest BCUT2D eigenvalue weighted by Crippen LogP contribution is 2.20. The van der Waals surface area contributed by atoms with Gasteiger partial charge >= 0.3 is 0 Å². The van der Waals surface area contributed by atoms with Gasteiger partial charge in [-0.05, 0) is 31.2 Å². The second-order valence-corrected chi connectivity index (χ2v) is 6.80. The zero-order chi connectivity index (χ0) is 16.1. The van der Waals surface area contributed by atoms with Crippen LogP contribution in [-0.2, 0) is 11.3 Å². The highest BCUT2D eigenvalue weighted by Gasteiger charge is 2.28. The Morgan fingerprint density at radius 1 is 1.35 bits per heavy atom. The molecule has 0 saturated carbocycles. The summed E-state index contributed by atoms with van der Waals surface area (Å²) in [6.45, 7) is 8.19. The first-order chi connectivity index (χ1) is 10.5. The fraction of sp³-hybridized carbons (Fsp3) is 0.611. The largest absolute Gasteiger partial charge is 0.352 e. The van der Waals surface area contributed by atoms with Gasteiger partial charge in [0.2, 0.25) is 5.91 Å². The molecule has 0 spiro atoms. The molecule has 1 aliphatic heterocycles. The first kappa shape index (κ1) is 19.9. The predicted octanol–water partition coefficient (Wildman–Crippen LogP) is 2.56. The van der Waals surface area contributed by atoms with Gasteiger partial charge in [0.15, 0.2) is 0 Å². The molecule has 3 atom stereocenters. The molecule has 1 saturated heterocycles. The summed E-state index contributed by atoms with van der Waals surface area (Å²) in [6, 6.07) is 10.9. The van der Waals surface area contributed by atoms with Crippen LogP contribution in [0.4, 0.5) is 0 Å². The molecule has 4 nitrogen and oxygen atoms in total. The molecule has 5 heteroatoms. The third-order valence-corrected chi connectivity index (χ3v) is 4.61. The number of benzene rings is 1. The summed E-state index contributed by atoms with van der Waals surface area (Å²) in [7, 11) is 0. The SMILES string of the molecule is CC(C)[C@H](N)C(=O)NC1CCN(Cc2ccccc2)C(C)C1.Cl. The monoisotopic (exact) mass is 339 g/mol. The molecule has 2 rings (SSSR count). The van der Waals surface area contributed by atoms with Gasteiger partial charge < -0.3 is 11.1 Å². The van der Waals surface area contributed by atoms with E-state index in [0.29, 0.717) is 6.04 Å². The predicted molar refractivity (Wildman–Crippen MR) is 97.5 cm³/mol. The number of nitrogens with two attached hydrogens (primary N) is 1. The van der Waals surface area contributed by atoms with Crippen LogP contribution in [0.3, 0.4) is 0 Å². The van der Waals surface area contributed by atoms with Crippen LogP contribution in [0.1, 0.15) is 39.2 Å². The van der Waals surface area contributed by atoms with Crippen LogP contribution in [-0.4, -0.2) is 35.5 Å². The molecule has 1 aromatic rings. The Morgan fingerprint density at radius 2 is 2.00 bits per heavy atom. The zero-order valence-electron chi connectivity index (χ0n) is 14.4. The van der Waals surface area contributed by atoms with E-state index in [1.54, 1.807) is 0 Å². The molecule has 1 fully saturated rings. The first-order valence-electron chi connectivity index (χ1n) is 8.31. The molecule has 23 heavy (non-hydrogen) atoms. The number of likely N-dealkylation sites (tertiary alicyclic amines) is 1. The molecule has 3 N–H and O–H groups in total. The summed E-state index contributed by atoms with van der Waals surface area (Å²) in [5.74, 6) is 0.166. The van der Waals surface area contributed by atoms with Crippen molar-refractivity contribution in [2.24, 2.45) is 11.7 Å². The molecule has 0 aromatic heterocycles. The van der Waals surface area contributed by atoms with Crippen molar-refractivity contribution in [3.05, 3.63) is 35.9 Å². The minimum atomic E-state index is -0.405. The Hall–Kier alpha value is -1.10. The molecule has 130 valence electrons. The van der Waals surface area contributed by atoms with E-state index in [1.807, 2.05) is 19.9 Å². The third-order valence-electron chi connectivity index (χ3n) is 4.61. The van der Waals surface area contributed by atoms with E-state index in [0.717, 1.165) is 25.9 Å². The van der Waals surface area contributed by atoms with Crippen LogP contribution in [0.5, 0.6) is 0 Å². The quantitative estimate of drug-likeness (QED) is 0.866. The van der Waals surface area contributed by atoms with E-state index in [4.69, 9.17) is 5.73 Å². The number of hydrogen-bond acceptors (Lipinski definition) is 3. The zero-order valence-corrected chi connectivity index (χ0v) is 15.2. The van der Waals surface area contributed by atoms with Crippen molar-refractivity contribution >= 4 is 18.3 Å². The van der Waals surface area contributed by atoms with Gasteiger partial charge in [0.1, 0.15) is 0 Å². The number of piperidine rings is 1. The Balaban J connectivity index is 0.00000264. The second kappa shape index (κ2) is 9.26. The van der Waals surface area contributed by atoms with Crippen LogP contribution in [0.25, 0.3) is 0 Å². The molecular weight excluding hydrogens is 310 g/mol. The normalized spacial score (nSPS) is 23.2. The van der Waals surface area contributed by atoms with E-state index in [1.165, 1.54) is 5.56 Å². The van der Waals surface area contributed by atoms with Gasteiger partial charge in [0.05, 0.1) is 6.04 Å². The van der Waals surface area contributed by atoms with Gasteiger partial charge in [0.25, 0.3) is 0 Å². The lowest BCUT2D eigenvalue weighted by molar-refractivity contribution is -0.124. The highest BCUT2D eigenvalue weighted by molar-refractivity contribution is 5.85. The molecule has 1 heterocycles. The summed E-state index contributed by atoms with van der Waals surface area (Å²) < 4.78 is 0. The molecule has 2 unspecified atom stereocenters. The van der Waals surface area contributed by atoms with Crippen LogP contribution < -0.4 is 11.1 Å².